The third-order valence-corrected chi connectivity index (χ3v) is 3.85. The fraction of sp³-hybridized carbons (Fsp3) is 0.375. The molecule has 3 rings (SSSR count). The van der Waals surface area contributed by atoms with Crippen molar-refractivity contribution < 1.29 is 9.53 Å². The molecule has 3 heterocycles. The topological polar surface area (TPSA) is 109 Å². The molecule has 0 saturated carbocycles. The molecule has 2 N–H and O–H groups in total. The number of aromatic amines is 1. The van der Waals surface area contributed by atoms with Gasteiger partial charge in [0.2, 0.25) is 5.91 Å². The number of aromatic nitrogens is 3. The molecule has 1 aliphatic heterocycles. The van der Waals surface area contributed by atoms with Crippen molar-refractivity contribution in [1.82, 2.24) is 19.9 Å². The highest BCUT2D eigenvalue weighted by atomic mass is 16.5. The fourth-order valence-electron chi connectivity index (χ4n) is 2.52. The minimum absolute atomic E-state index is 0.156. The summed E-state index contributed by atoms with van der Waals surface area (Å²) in [4.78, 5) is 43.2. The Morgan fingerprint density at radius 3 is 2.84 bits per heavy atom. The molecule has 0 aliphatic carbocycles. The first-order valence-corrected chi connectivity index (χ1v) is 7.96. The Labute approximate surface area is 143 Å². The molecule has 1 fully saturated rings. The summed E-state index contributed by atoms with van der Waals surface area (Å²) in [5, 5.41) is 2.76. The van der Waals surface area contributed by atoms with Crippen LogP contribution < -0.4 is 21.5 Å². The number of morpholine rings is 1. The summed E-state index contributed by atoms with van der Waals surface area (Å²) in [6.45, 7) is 3.11. The Bertz CT molecular complexity index is 854. The Morgan fingerprint density at radius 2 is 2.08 bits per heavy atom. The smallest absolute Gasteiger partial charge is 0.328 e. The standard InChI is InChI=1S/C16H19N5O4/c22-14-2-4-21(16(24)19-14)11-15(23)18-10-12-1-3-17-13(9-12)20-5-7-25-8-6-20/h1-4,9H,5-8,10-11H2,(H,18,23)(H,19,22,24). The number of hydrogen-bond acceptors (Lipinski definition) is 6. The van der Waals surface area contributed by atoms with Gasteiger partial charge in [0, 0.05) is 38.1 Å². The minimum Gasteiger partial charge on any atom is -0.378 e. The van der Waals surface area contributed by atoms with Gasteiger partial charge in [0.1, 0.15) is 12.4 Å². The summed E-state index contributed by atoms with van der Waals surface area (Å²) in [5.41, 5.74) is -0.186. The predicted octanol–water partition coefficient (Wildman–Crippen LogP) is -0.915. The predicted molar refractivity (Wildman–Crippen MR) is 90.4 cm³/mol. The zero-order valence-electron chi connectivity index (χ0n) is 13.6. The van der Waals surface area contributed by atoms with E-state index in [1.807, 2.05) is 12.1 Å². The number of nitrogens with one attached hydrogen (secondary N) is 2. The molecular weight excluding hydrogens is 326 g/mol. The third kappa shape index (κ3) is 4.54. The summed E-state index contributed by atoms with van der Waals surface area (Å²) in [6.07, 6.45) is 3.00. The molecule has 9 heteroatoms. The van der Waals surface area contributed by atoms with E-state index in [1.54, 1.807) is 6.20 Å². The highest BCUT2D eigenvalue weighted by Crippen LogP contribution is 2.14. The lowest BCUT2D eigenvalue weighted by Gasteiger charge is -2.28. The molecule has 2 aromatic heterocycles. The number of hydrogen-bond donors (Lipinski definition) is 2. The van der Waals surface area contributed by atoms with Crippen LogP contribution in [0.1, 0.15) is 5.56 Å². The highest BCUT2D eigenvalue weighted by Gasteiger charge is 2.13. The van der Waals surface area contributed by atoms with Crippen molar-refractivity contribution in [2.75, 3.05) is 31.2 Å². The lowest BCUT2D eigenvalue weighted by molar-refractivity contribution is -0.121. The molecule has 0 spiro atoms. The van der Waals surface area contributed by atoms with Crippen LogP contribution in [0, 0.1) is 0 Å². The maximum absolute atomic E-state index is 12.0. The van der Waals surface area contributed by atoms with Gasteiger partial charge in [-0.3, -0.25) is 19.1 Å². The van der Waals surface area contributed by atoms with E-state index in [0.29, 0.717) is 19.8 Å². The van der Waals surface area contributed by atoms with Gasteiger partial charge in [-0.25, -0.2) is 9.78 Å². The SMILES string of the molecule is O=C(Cn1ccc(=O)[nH]c1=O)NCc1ccnc(N2CCOCC2)c1. The maximum atomic E-state index is 12.0. The van der Waals surface area contributed by atoms with E-state index >= 15 is 0 Å². The Hall–Kier alpha value is -2.94. The van der Waals surface area contributed by atoms with Crippen LogP contribution in [0.15, 0.2) is 40.2 Å². The molecule has 25 heavy (non-hydrogen) atoms. The minimum atomic E-state index is -0.610. The molecule has 0 radical (unpaired) electrons. The molecular formula is C16H19N5O4. The second-order valence-corrected chi connectivity index (χ2v) is 5.64. The molecule has 9 nitrogen and oxygen atoms in total. The maximum Gasteiger partial charge on any atom is 0.328 e. The number of H-pyrrole nitrogens is 1. The van der Waals surface area contributed by atoms with Crippen molar-refractivity contribution >= 4 is 11.7 Å². The van der Waals surface area contributed by atoms with Crippen molar-refractivity contribution in [2.45, 2.75) is 13.1 Å². The van der Waals surface area contributed by atoms with Crippen LogP contribution in [0.3, 0.4) is 0 Å². The molecule has 0 aromatic carbocycles. The first-order chi connectivity index (χ1) is 12.1. The summed E-state index contributed by atoms with van der Waals surface area (Å²) >= 11 is 0. The van der Waals surface area contributed by atoms with Crippen molar-refractivity contribution in [3.63, 3.8) is 0 Å². The van der Waals surface area contributed by atoms with E-state index < -0.39 is 11.2 Å². The van der Waals surface area contributed by atoms with Crippen LogP contribution in [0.5, 0.6) is 0 Å². The molecule has 2 aromatic rings. The molecule has 0 unspecified atom stereocenters. The molecule has 1 saturated heterocycles. The van der Waals surface area contributed by atoms with Crippen molar-refractivity contribution in [2.24, 2.45) is 0 Å². The Morgan fingerprint density at radius 1 is 1.28 bits per heavy atom. The van der Waals surface area contributed by atoms with E-state index in [4.69, 9.17) is 4.74 Å². The normalized spacial score (nSPS) is 14.3. The number of ether oxygens (including phenoxy) is 1. The van der Waals surface area contributed by atoms with Gasteiger partial charge in [-0.2, -0.15) is 0 Å². The van der Waals surface area contributed by atoms with E-state index in [0.717, 1.165) is 29.0 Å². The Balaban J connectivity index is 1.58. The lowest BCUT2D eigenvalue weighted by Crippen LogP contribution is -2.37. The van der Waals surface area contributed by atoms with Crippen LogP contribution in [0.4, 0.5) is 5.82 Å². The number of carbonyl (C=O) groups excluding carboxylic acids is 1. The van der Waals surface area contributed by atoms with Gasteiger partial charge < -0.3 is 15.0 Å². The summed E-state index contributed by atoms with van der Waals surface area (Å²) in [7, 11) is 0. The van der Waals surface area contributed by atoms with Crippen LogP contribution in [0.25, 0.3) is 0 Å². The van der Waals surface area contributed by atoms with Crippen LogP contribution in [0.2, 0.25) is 0 Å². The van der Waals surface area contributed by atoms with Gasteiger partial charge in [-0.05, 0) is 17.7 Å². The number of pyridine rings is 1. The fourth-order valence-corrected chi connectivity index (χ4v) is 2.52. The average Bonchev–Trinajstić information content (AvgIpc) is 2.63. The van der Waals surface area contributed by atoms with Gasteiger partial charge in [0.25, 0.3) is 5.56 Å². The molecule has 1 aliphatic rings. The highest BCUT2D eigenvalue weighted by molar-refractivity contribution is 5.75. The Kier molecular flexibility index (Phi) is 5.24. The van der Waals surface area contributed by atoms with Crippen molar-refractivity contribution in [1.29, 1.82) is 0 Å². The zero-order chi connectivity index (χ0) is 17.6. The van der Waals surface area contributed by atoms with E-state index in [-0.39, 0.29) is 12.5 Å². The van der Waals surface area contributed by atoms with Crippen LogP contribution in [-0.2, 0) is 22.6 Å². The molecule has 0 atom stereocenters. The first kappa shape index (κ1) is 16.9. The number of anilines is 1. The van der Waals surface area contributed by atoms with Crippen LogP contribution in [-0.4, -0.2) is 46.7 Å². The van der Waals surface area contributed by atoms with E-state index in [9.17, 15) is 14.4 Å². The molecule has 132 valence electrons. The van der Waals surface area contributed by atoms with Gasteiger partial charge in [-0.1, -0.05) is 0 Å². The average molecular weight is 345 g/mol. The van der Waals surface area contributed by atoms with Gasteiger partial charge in [-0.15, -0.1) is 0 Å². The van der Waals surface area contributed by atoms with Gasteiger partial charge >= 0.3 is 5.69 Å². The monoisotopic (exact) mass is 345 g/mol. The second-order valence-electron chi connectivity index (χ2n) is 5.64. The summed E-state index contributed by atoms with van der Waals surface area (Å²) < 4.78 is 6.47. The number of rotatable bonds is 5. The molecule has 1 amide bonds. The third-order valence-electron chi connectivity index (χ3n) is 3.85. The summed E-state index contributed by atoms with van der Waals surface area (Å²) in [5.74, 6) is 0.533. The van der Waals surface area contributed by atoms with Gasteiger partial charge in [0.05, 0.1) is 13.2 Å². The number of amides is 1. The lowest BCUT2D eigenvalue weighted by atomic mass is 10.2. The van der Waals surface area contributed by atoms with Crippen LogP contribution >= 0.6 is 0 Å². The van der Waals surface area contributed by atoms with E-state index in [2.05, 4.69) is 20.2 Å². The van der Waals surface area contributed by atoms with E-state index in [1.165, 1.54) is 12.3 Å². The quantitative estimate of drug-likeness (QED) is 0.726. The summed E-state index contributed by atoms with van der Waals surface area (Å²) in [6, 6.07) is 4.96. The van der Waals surface area contributed by atoms with Crippen molar-refractivity contribution in [3.8, 4) is 0 Å². The molecule has 0 bridgehead atoms. The largest absolute Gasteiger partial charge is 0.378 e. The zero-order valence-corrected chi connectivity index (χ0v) is 13.6. The number of carbonyl (C=O) groups is 1. The first-order valence-electron chi connectivity index (χ1n) is 7.96. The van der Waals surface area contributed by atoms with Crippen molar-refractivity contribution in [3.05, 3.63) is 57.0 Å². The van der Waals surface area contributed by atoms with Gasteiger partial charge in [0.15, 0.2) is 0 Å². The number of nitrogens with zero attached hydrogens (tertiary/aromatic N) is 3. The second kappa shape index (κ2) is 7.75.